The van der Waals surface area contributed by atoms with Crippen molar-refractivity contribution in [1.29, 1.82) is 0 Å². The average molecular weight is 437 g/mol. The lowest BCUT2D eigenvalue weighted by molar-refractivity contribution is -0.115. The SMILES string of the molecule is COc1nc(C)c(CO)cc1NN1CCN(c2cccc(Cl)c2)CC1C(=O)SC. The zero-order valence-electron chi connectivity index (χ0n) is 16.7. The van der Waals surface area contributed by atoms with Gasteiger partial charge in [0.25, 0.3) is 0 Å². The summed E-state index contributed by atoms with van der Waals surface area (Å²) in [4.78, 5) is 19.2. The summed E-state index contributed by atoms with van der Waals surface area (Å²) in [7, 11) is 1.55. The van der Waals surface area contributed by atoms with Crippen LogP contribution in [0, 0.1) is 6.92 Å². The van der Waals surface area contributed by atoms with Crippen molar-refractivity contribution in [3.05, 3.63) is 46.6 Å². The Balaban J connectivity index is 1.85. The summed E-state index contributed by atoms with van der Waals surface area (Å²) in [6, 6.07) is 9.09. The van der Waals surface area contributed by atoms with E-state index in [4.69, 9.17) is 16.3 Å². The Bertz CT molecular complexity index is 883. The number of carbonyl (C=O) groups excluding carboxylic acids is 1. The van der Waals surface area contributed by atoms with Crippen molar-refractivity contribution in [2.75, 3.05) is 43.3 Å². The smallest absolute Gasteiger partial charge is 0.238 e. The number of piperazine rings is 1. The van der Waals surface area contributed by atoms with E-state index in [-0.39, 0.29) is 17.8 Å². The third-order valence-corrected chi connectivity index (χ3v) is 5.85. The van der Waals surface area contributed by atoms with Crippen LogP contribution < -0.4 is 15.1 Å². The van der Waals surface area contributed by atoms with Crippen LogP contribution in [-0.2, 0) is 11.4 Å². The van der Waals surface area contributed by atoms with E-state index < -0.39 is 0 Å². The van der Waals surface area contributed by atoms with Gasteiger partial charge in [-0.2, -0.15) is 0 Å². The van der Waals surface area contributed by atoms with Crippen LogP contribution >= 0.6 is 23.4 Å². The quantitative estimate of drug-likeness (QED) is 0.715. The van der Waals surface area contributed by atoms with Gasteiger partial charge in [0, 0.05) is 41.6 Å². The molecule has 3 rings (SSSR count). The molecule has 0 amide bonds. The van der Waals surface area contributed by atoms with Gasteiger partial charge >= 0.3 is 0 Å². The molecule has 156 valence electrons. The number of aliphatic hydroxyl groups excluding tert-OH is 1. The number of halogens is 1. The lowest BCUT2D eigenvalue weighted by Gasteiger charge is -2.41. The highest BCUT2D eigenvalue weighted by atomic mass is 35.5. The van der Waals surface area contributed by atoms with Crippen molar-refractivity contribution < 1.29 is 14.6 Å². The lowest BCUT2D eigenvalue weighted by atomic mass is 10.1. The predicted molar refractivity (Wildman–Crippen MR) is 118 cm³/mol. The number of anilines is 2. The number of carbonyl (C=O) groups is 1. The van der Waals surface area contributed by atoms with Gasteiger partial charge in [0.05, 0.1) is 13.7 Å². The molecule has 1 atom stereocenters. The normalized spacial score (nSPS) is 17.3. The van der Waals surface area contributed by atoms with Gasteiger partial charge in [-0.05, 0) is 37.4 Å². The van der Waals surface area contributed by atoms with Gasteiger partial charge in [0.2, 0.25) is 11.0 Å². The molecule has 9 heteroatoms. The van der Waals surface area contributed by atoms with E-state index in [1.54, 1.807) is 13.4 Å². The Morgan fingerprint density at radius 3 is 2.86 bits per heavy atom. The number of ether oxygens (including phenoxy) is 1. The number of methoxy groups -OCH3 is 1. The van der Waals surface area contributed by atoms with Crippen LogP contribution in [0.3, 0.4) is 0 Å². The minimum Gasteiger partial charge on any atom is -0.479 e. The Kier molecular flexibility index (Phi) is 7.23. The molecule has 1 aliphatic rings. The number of hydrazine groups is 1. The molecule has 0 bridgehead atoms. The number of pyridine rings is 1. The average Bonchev–Trinajstić information content (AvgIpc) is 2.74. The van der Waals surface area contributed by atoms with E-state index in [2.05, 4.69) is 15.3 Å². The molecule has 1 unspecified atom stereocenters. The molecule has 1 fully saturated rings. The first-order chi connectivity index (χ1) is 14.0. The summed E-state index contributed by atoms with van der Waals surface area (Å²) >= 11 is 7.35. The Labute approximate surface area is 180 Å². The molecule has 1 aliphatic heterocycles. The van der Waals surface area contributed by atoms with Crippen molar-refractivity contribution in [2.24, 2.45) is 0 Å². The van der Waals surface area contributed by atoms with Gasteiger partial charge in [-0.1, -0.05) is 29.4 Å². The fourth-order valence-corrected chi connectivity index (χ4v) is 4.00. The van der Waals surface area contributed by atoms with Crippen LogP contribution in [0.5, 0.6) is 5.88 Å². The minimum absolute atomic E-state index is 0.0608. The highest BCUT2D eigenvalue weighted by molar-refractivity contribution is 8.13. The Morgan fingerprint density at radius 2 is 2.21 bits per heavy atom. The molecule has 29 heavy (non-hydrogen) atoms. The maximum absolute atomic E-state index is 12.7. The van der Waals surface area contributed by atoms with Crippen LogP contribution in [0.15, 0.2) is 30.3 Å². The molecule has 2 heterocycles. The number of aryl methyl sites for hydroxylation is 1. The third kappa shape index (κ3) is 4.95. The maximum atomic E-state index is 12.7. The second kappa shape index (κ2) is 9.67. The summed E-state index contributed by atoms with van der Waals surface area (Å²) in [5, 5.41) is 12.2. The van der Waals surface area contributed by atoms with Crippen molar-refractivity contribution in [3.63, 3.8) is 0 Å². The summed E-state index contributed by atoms with van der Waals surface area (Å²) in [6.07, 6.45) is 1.79. The van der Waals surface area contributed by atoms with Crippen molar-refractivity contribution in [1.82, 2.24) is 9.99 Å². The molecule has 0 spiro atoms. The number of hydrogen-bond donors (Lipinski definition) is 2. The van der Waals surface area contributed by atoms with Gasteiger partial charge in [-0.25, -0.2) is 9.99 Å². The number of thioether (sulfide) groups is 1. The molecule has 0 aliphatic carbocycles. The predicted octanol–water partition coefficient (Wildman–Crippen LogP) is 2.95. The summed E-state index contributed by atoms with van der Waals surface area (Å²) in [5.41, 5.74) is 6.33. The van der Waals surface area contributed by atoms with Gasteiger partial charge < -0.3 is 20.2 Å². The van der Waals surface area contributed by atoms with Crippen LogP contribution in [0.1, 0.15) is 11.3 Å². The van der Waals surface area contributed by atoms with Crippen LogP contribution in [-0.4, -0.2) is 59.3 Å². The lowest BCUT2D eigenvalue weighted by Crippen LogP contribution is -2.58. The first kappa shape index (κ1) is 21.7. The zero-order chi connectivity index (χ0) is 21.0. The van der Waals surface area contributed by atoms with Crippen LogP contribution in [0.25, 0.3) is 0 Å². The monoisotopic (exact) mass is 436 g/mol. The number of hydrogen-bond acceptors (Lipinski definition) is 8. The number of benzene rings is 1. The van der Waals surface area contributed by atoms with Crippen molar-refractivity contribution in [2.45, 2.75) is 19.6 Å². The third-order valence-electron chi connectivity index (χ3n) is 4.94. The first-order valence-electron chi connectivity index (χ1n) is 9.23. The maximum Gasteiger partial charge on any atom is 0.238 e. The molecule has 2 N–H and O–H groups in total. The Hall–Kier alpha value is -2.00. The number of aliphatic hydroxyl groups is 1. The molecule has 0 radical (unpaired) electrons. The first-order valence-corrected chi connectivity index (χ1v) is 10.8. The molecular weight excluding hydrogens is 412 g/mol. The largest absolute Gasteiger partial charge is 0.479 e. The minimum atomic E-state index is -0.374. The van der Waals surface area contributed by atoms with E-state index >= 15 is 0 Å². The number of rotatable bonds is 6. The fraction of sp³-hybridized carbons (Fsp3) is 0.400. The Morgan fingerprint density at radius 1 is 1.41 bits per heavy atom. The summed E-state index contributed by atoms with van der Waals surface area (Å²) < 4.78 is 5.40. The van der Waals surface area contributed by atoms with Crippen molar-refractivity contribution >= 4 is 39.9 Å². The number of nitrogens with one attached hydrogen (secondary N) is 1. The standard InChI is InChI=1S/C20H25ClN4O3S/c1-13-14(12-26)9-17(19(22-13)28-2)23-25-8-7-24(11-18(25)20(27)29-3)16-6-4-5-15(21)10-16/h4-6,9-10,18,23,26H,7-8,11-12H2,1-3H3. The molecule has 0 saturated carbocycles. The van der Waals surface area contributed by atoms with Crippen LogP contribution in [0.2, 0.25) is 5.02 Å². The van der Waals surface area contributed by atoms with E-state index in [0.717, 1.165) is 12.2 Å². The molecule has 7 nitrogen and oxygen atoms in total. The topological polar surface area (TPSA) is 77.9 Å². The zero-order valence-corrected chi connectivity index (χ0v) is 18.3. The van der Waals surface area contributed by atoms with Gasteiger partial charge in [0.1, 0.15) is 11.7 Å². The van der Waals surface area contributed by atoms with Crippen molar-refractivity contribution in [3.8, 4) is 5.88 Å². The highest BCUT2D eigenvalue weighted by Gasteiger charge is 2.33. The highest BCUT2D eigenvalue weighted by Crippen LogP contribution is 2.29. The molecule has 1 aromatic carbocycles. The van der Waals surface area contributed by atoms with Crippen LogP contribution in [0.4, 0.5) is 11.4 Å². The fourth-order valence-electron chi connectivity index (χ4n) is 3.34. The van der Waals surface area contributed by atoms with E-state index in [1.807, 2.05) is 42.3 Å². The summed E-state index contributed by atoms with van der Waals surface area (Å²) in [5.74, 6) is 0.423. The second-order valence-corrected chi connectivity index (χ2v) is 7.96. The summed E-state index contributed by atoms with van der Waals surface area (Å²) in [6.45, 7) is 3.56. The molecule has 2 aromatic rings. The van der Waals surface area contributed by atoms with Gasteiger partial charge in [0.15, 0.2) is 0 Å². The molecular formula is C20H25ClN4O3S. The molecule has 1 saturated heterocycles. The molecule has 1 aromatic heterocycles. The number of aromatic nitrogens is 1. The van der Waals surface area contributed by atoms with Gasteiger partial charge in [-0.3, -0.25) is 4.79 Å². The second-order valence-electron chi connectivity index (χ2n) is 6.72. The van der Waals surface area contributed by atoms with E-state index in [1.165, 1.54) is 11.8 Å². The van der Waals surface area contributed by atoms with E-state index in [0.29, 0.717) is 40.9 Å². The van der Waals surface area contributed by atoms with Gasteiger partial charge in [-0.15, -0.1) is 0 Å². The number of nitrogens with zero attached hydrogens (tertiary/aromatic N) is 3. The van der Waals surface area contributed by atoms with E-state index in [9.17, 15) is 9.90 Å².